The maximum Gasteiger partial charge on any atom is 0.626 e. The minimum absolute atomic E-state index is 0.0222. The van der Waals surface area contributed by atoms with E-state index in [-0.39, 0.29) is 71.4 Å². The summed E-state index contributed by atoms with van der Waals surface area (Å²) in [6.07, 6.45) is -12.9. The van der Waals surface area contributed by atoms with E-state index in [0.29, 0.717) is 45.4 Å². The molecule has 0 fully saturated rings. The fourth-order valence-electron chi connectivity index (χ4n) is 5.43. The van der Waals surface area contributed by atoms with Crippen molar-refractivity contribution in [2.45, 2.75) is 177 Å². The topological polar surface area (TPSA) is 288 Å². The highest BCUT2D eigenvalue weighted by atomic mass is 19.4. The van der Waals surface area contributed by atoms with Gasteiger partial charge in [0.15, 0.2) is 11.3 Å². The van der Waals surface area contributed by atoms with Crippen LogP contribution in [0.15, 0.2) is 20.7 Å². The third-order valence-electron chi connectivity index (χ3n) is 9.43. The summed E-state index contributed by atoms with van der Waals surface area (Å²) in [7, 11) is 0. The molecule has 0 aliphatic heterocycles. The van der Waals surface area contributed by atoms with Gasteiger partial charge >= 0.3 is 36.3 Å². The number of ether oxygens (including phenoxy) is 1. The van der Waals surface area contributed by atoms with Crippen molar-refractivity contribution in [1.82, 2.24) is 0 Å². The van der Waals surface area contributed by atoms with Crippen molar-refractivity contribution < 1.29 is 84.2 Å². The van der Waals surface area contributed by atoms with E-state index >= 15 is 0 Å². The number of aliphatic carboxylic acids is 1. The molecule has 0 aliphatic rings. The van der Waals surface area contributed by atoms with Gasteiger partial charge in [0.25, 0.3) is 11.1 Å². The van der Waals surface area contributed by atoms with Crippen molar-refractivity contribution in [2.24, 2.45) is 20.7 Å². The van der Waals surface area contributed by atoms with Gasteiger partial charge in [0, 0.05) is 32.8 Å². The number of nitroso groups, excluding NO2 is 4. The average molecular weight is 979 g/mol. The Kier molecular flexibility index (Phi) is 36.4. The fraction of sp³-hybridized carbons (Fsp3) is 0.868. The minimum atomic E-state index is -5.79. The predicted octanol–water partition coefficient (Wildman–Crippen LogP) is 9.02. The molecule has 0 saturated heterocycles. The zero-order valence-corrected chi connectivity index (χ0v) is 36.6. The first-order chi connectivity index (χ1) is 30.7. The molecule has 66 heavy (non-hydrogen) atoms. The van der Waals surface area contributed by atoms with Crippen LogP contribution < -0.4 is 0 Å². The van der Waals surface area contributed by atoms with Crippen LogP contribution in [0.4, 0.5) is 39.5 Å². The summed E-state index contributed by atoms with van der Waals surface area (Å²) < 4.78 is 116. The largest absolute Gasteiger partial charge is 0.626 e. The first kappa shape index (κ1) is 67.8. The first-order valence-corrected chi connectivity index (χ1v) is 20.4. The second-order valence-corrected chi connectivity index (χ2v) is 14.3. The van der Waals surface area contributed by atoms with Gasteiger partial charge in [-0.05, 0) is 114 Å². The number of ketones is 1. The lowest BCUT2D eigenvalue weighted by Gasteiger charge is -2.30. The molecule has 0 aromatic heterocycles. The van der Waals surface area contributed by atoms with Crippen molar-refractivity contribution in [3.63, 3.8) is 0 Å². The molecule has 0 amide bonds. The third kappa shape index (κ3) is 24.6. The quantitative estimate of drug-likeness (QED) is 0.0143. The molecule has 0 aromatic rings. The molecule has 0 spiro atoms. The van der Waals surface area contributed by atoms with E-state index in [1.807, 2.05) is 5.18 Å². The number of aliphatic hydroxyl groups is 4. The number of aliphatic hydroxyl groups excluding tert-OH is 4. The van der Waals surface area contributed by atoms with Gasteiger partial charge < -0.3 is 30.3 Å². The highest BCUT2D eigenvalue weighted by Crippen LogP contribution is 2.49. The molecule has 382 valence electrons. The SMILES string of the molecule is CC(=O)C(CCCCO)(N=O)C(F)(F)F.CCOC(=O)C(CCCCO)(CCCCO)N=O.O=NC(CCCCO)(C(F)(F)F)C(F)(F)F.[C-]#[N+]C(CCCCCCCC(=O)O)(N=O)[N+]#[C-]. The van der Waals surface area contributed by atoms with Crippen molar-refractivity contribution in [3.8, 4) is 0 Å². The van der Waals surface area contributed by atoms with Crippen LogP contribution in [0.25, 0.3) is 9.69 Å². The molecular weight excluding hydrogens is 919 g/mol. The number of hydrogen-bond acceptors (Lipinski definition) is 16. The molecule has 0 rings (SSSR count). The lowest BCUT2D eigenvalue weighted by Crippen LogP contribution is -2.55. The fourth-order valence-corrected chi connectivity index (χ4v) is 5.43. The molecule has 1 unspecified atom stereocenters. The summed E-state index contributed by atoms with van der Waals surface area (Å²) in [5.74, 6) is -4.49. The van der Waals surface area contributed by atoms with Crippen LogP contribution in [-0.4, -0.2) is 117 Å². The number of hydrogen-bond donors (Lipinski definition) is 5. The lowest BCUT2D eigenvalue weighted by atomic mass is 9.88. The molecule has 28 heteroatoms. The number of unbranched alkanes of at least 4 members (excludes halogenated alkanes) is 8. The third-order valence-corrected chi connectivity index (χ3v) is 9.43. The summed E-state index contributed by atoms with van der Waals surface area (Å²) >= 11 is 0. The van der Waals surface area contributed by atoms with Crippen LogP contribution in [0.2, 0.25) is 0 Å². The minimum Gasteiger partial charge on any atom is -0.481 e. The normalized spacial score (nSPS) is 12.7. The number of carbonyl (C=O) groups excluding carboxylic acids is 2. The molecule has 0 saturated carbocycles. The summed E-state index contributed by atoms with van der Waals surface area (Å²) in [5, 5.41) is 51.3. The molecule has 0 bridgehead atoms. The van der Waals surface area contributed by atoms with E-state index in [1.165, 1.54) is 5.18 Å². The van der Waals surface area contributed by atoms with Gasteiger partial charge in [0.05, 0.1) is 6.61 Å². The number of carbonyl (C=O) groups is 3. The number of carboxylic acid groups (broad SMARTS) is 1. The smallest absolute Gasteiger partial charge is 0.481 e. The van der Waals surface area contributed by atoms with Crippen LogP contribution in [0.3, 0.4) is 0 Å². The summed E-state index contributed by atoms with van der Waals surface area (Å²) in [5.41, 5.74) is -9.09. The average Bonchev–Trinajstić information content (AvgIpc) is 3.24. The second-order valence-electron chi connectivity index (χ2n) is 14.3. The van der Waals surface area contributed by atoms with Gasteiger partial charge in [-0.25, -0.2) is 27.6 Å². The van der Waals surface area contributed by atoms with E-state index in [1.54, 1.807) is 6.92 Å². The van der Waals surface area contributed by atoms with Gasteiger partial charge in [-0.15, -0.1) is 19.6 Å². The Hall–Kier alpha value is -4.80. The van der Waals surface area contributed by atoms with E-state index < -0.39 is 84.5 Å². The zero-order chi connectivity index (χ0) is 52.2. The van der Waals surface area contributed by atoms with Crippen molar-refractivity contribution in [2.75, 3.05) is 33.0 Å². The monoisotopic (exact) mass is 978 g/mol. The second kappa shape index (κ2) is 35.4. The van der Waals surface area contributed by atoms with E-state index in [2.05, 4.69) is 20.0 Å². The van der Waals surface area contributed by atoms with E-state index in [4.69, 9.17) is 43.4 Å². The summed E-state index contributed by atoms with van der Waals surface area (Å²) in [6, 6.07) is 0. The first-order valence-electron chi connectivity index (χ1n) is 20.4. The molecule has 19 nitrogen and oxygen atoms in total. The number of esters is 1. The highest BCUT2D eigenvalue weighted by Gasteiger charge is 2.72. The Balaban J connectivity index is -0.000000389. The van der Waals surface area contributed by atoms with Crippen molar-refractivity contribution in [1.29, 1.82) is 0 Å². The van der Waals surface area contributed by atoms with Crippen LogP contribution in [-0.2, 0) is 19.1 Å². The van der Waals surface area contributed by atoms with Crippen LogP contribution in [0, 0.1) is 32.8 Å². The van der Waals surface area contributed by atoms with E-state index in [9.17, 15) is 73.5 Å². The Morgan fingerprint density at radius 3 is 1.23 bits per heavy atom. The number of carboxylic acids is 1. The van der Waals surface area contributed by atoms with Gasteiger partial charge in [0.2, 0.25) is 0 Å². The molecule has 5 N–H and O–H groups in total. The standard InChI is InChI=1S/C12H23NO5.C11H15N3O3.C8H12F3NO3.C7H9F6NO2/c1-2-18-11(16)12(13-17,7-3-5-9-14)8-4-6-10-15;1-12-11(13-2,14-17)9-7-5-3-4-6-8-10(15)16;1-6(14)7(12-15,8(9,10)11)4-2-3-5-13;8-6(9,10)5(14-16,7(11,12)13)3-1-2-4-15/h14-15H,2-10H2,1H3;3-9H2,(H,15,16);13H,2-5H2,1H3;15H,1-4H2. The Morgan fingerprint density at radius 1 is 0.530 bits per heavy atom. The molecule has 1 atom stereocenters. The summed E-state index contributed by atoms with van der Waals surface area (Å²) in [4.78, 5) is 80.5. The number of alkyl halides is 9. The Labute approximate surface area is 374 Å². The lowest BCUT2D eigenvalue weighted by molar-refractivity contribution is -0.297. The maximum absolute atomic E-state index is 12.5. The molecule has 0 aromatic carbocycles. The molecule has 0 heterocycles. The number of halogens is 9. The zero-order valence-electron chi connectivity index (χ0n) is 36.6. The Bertz CT molecular complexity index is 1470. The van der Waals surface area contributed by atoms with Gasteiger partial charge in [-0.3, -0.25) is 9.59 Å². The number of nitrogens with zero attached hydrogens (tertiary/aromatic N) is 6. The number of rotatable bonds is 31. The highest BCUT2D eigenvalue weighted by molar-refractivity contribution is 5.87. The van der Waals surface area contributed by atoms with Crippen molar-refractivity contribution in [3.05, 3.63) is 42.5 Å². The van der Waals surface area contributed by atoms with Gasteiger partial charge in [0.1, 0.15) is 11.6 Å². The van der Waals surface area contributed by atoms with Gasteiger partial charge in [-0.2, -0.15) is 39.5 Å². The van der Waals surface area contributed by atoms with Crippen molar-refractivity contribution >= 4 is 17.7 Å². The number of Topliss-reactive ketones (excluding diaryl/α,β-unsaturated/α-hetero) is 1. The van der Waals surface area contributed by atoms with Crippen LogP contribution in [0.1, 0.15) is 136 Å². The molecule has 0 aliphatic carbocycles. The maximum atomic E-state index is 12.5. The molecule has 0 radical (unpaired) electrons. The van der Waals surface area contributed by atoms with Crippen LogP contribution in [0.5, 0.6) is 0 Å². The van der Waals surface area contributed by atoms with E-state index in [0.717, 1.165) is 19.3 Å². The Morgan fingerprint density at radius 2 is 0.924 bits per heavy atom. The van der Waals surface area contributed by atoms with Gasteiger partial charge in [-0.1, -0.05) is 24.4 Å². The summed E-state index contributed by atoms with van der Waals surface area (Å²) in [6.45, 7) is 15.3. The molecular formula is C38H59F9N6O13. The predicted molar refractivity (Wildman–Crippen MR) is 216 cm³/mol. The van der Waals surface area contributed by atoms with Crippen LogP contribution >= 0.6 is 0 Å².